The molecule has 1 aliphatic heterocycles. The Bertz CT molecular complexity index is 477. The van der Waals surface area contributed by atoms with Gasteiger partial charge >= 0.3 is 0 Å². The molecule has 19 heavy (non-hydrogen) atoms. The smallest absolute Gasteiger partial charge is 0.254 e. The topological polar surface area (TPSA) is 42.4 Å². The van der Waals surface area contributed by atoms with Crippen LogP contribution < -0.4 is 0 Å². The maximum atomic E-state index is 12.4. The number of halogens is 1. The number of rotatable bonds is 3. The predicted molar refractivity (Wildman–Crippen MR) is 74.7 cm³/mol. The Labute approximate surface area is 118 Å². The lowest BCUT2D eigenvalue weighted by Gasteiger charge is -2.17. The zero-order valence-electron chi connectivity index (χ0n) is 11.5. The van der Waals surface area contributed by atoms with E-state index in [0.29, 0.717) is 17.3 Å². The molecule has 0 spiro atoms. The molecule has 0 aliphatic carbocycles. The number of methoxy groups -OCH3 is 1. The third-order valence-corrected chi connectivity index (χ3v) is 3.61. The standard InChI is InChI=1S/C14H19ClN2O2/c1-9(2)12-6-10(7-13(15)16-12)14(18)17-5-4-11(8-17)19-3/h6-7,9,11H,4-5,8H2,1-3H3. The van der Waals surface area contributed by atoms with Gasteiger partial charge in [-0.15, -0.1) is 0 Å². The second-order valence-corrected chi connectivity index (χ2v) is 5.54. The summed E-state index contributed by atoms with van der Waals surface area (Å²) < 4.78 is 5.28. The van der Waals surface area contributed by atoms with Crippen LogP contribution in [0.5, 0.6) is 0 Å². The molecule has 1 unspecified atom stereocenters. The first-order valence-electron chi connectivity index (χ1n) is 6.50. The number of ether oxygens (including phenoxy) is 1. The molecule has 4 nitrogen and oxygen atoms in total. The number of hydrogen-bond acceptors (Lipinski definition) is 3. The molecular formula is C14H19ClN2O2. The van der Waals surface area contributed by atoms with E-state index in [2.05, 4.69) is 4.98 Å². The van der Waals surface area contributed by atoms with Gasteiger partial charge in [-0.1, -0.05) is 25.4 Å². The van der Waals surface area contributed by atoms with E-state index in [9.17, 15) is 4.79 Å². The van der Waals surface area contributed by atoms with Gasteiger partial charge in [0.25, 0.3) is 5.91 Å². The van der Waals surface area contributed by atoms with Crippen molar-refractivity contribution in [3.05, 3.63) is 28.5 Å². The maximum Gasteiger partial charge on any atom is 0.254 e. The Morgan fingerprint density at radius 3 is 2.84 bits per heavy atom. The number of carbonyl (C=O) groups excluding carboxylic acids is 1. The lowest BCUT2D eigenvalue weighted by Crippen LogP contribution is -2.30. The van der Waals surface area contributed by atoms with Crippen molar-refractivity contribution >= 4 is 17.5 Å². The van der Waals surface area contributed by atoms with Gasteiger partial charge in [0.15, 0.2) is 0 Å². The zero-order valence-corrected chi connectivity index (χ0v) is 12.3. The van der Waals surface area contributed by atoms with Gasteiger partial charge in [0.05, 0.1) is 6.10 Å². The number of nitrogens with zero attached hydrogens (tertiary/aromatic N) is 2. The van der Waals surface area contributed by atoms with E-state index in [0.717, 1.165) is 18.7 Å². The first kappa shape index (κ1) is 14.3. The van der Waals surface area contributed by atoms with Crippen molar-refractivity contribution < 1.29 is 9.53 Å². The van der Waals surface area contributed by atoms with E-state index in [-0.39, 0.29) is 17.9 Å². The average molecular weight is 283 g/mol. The van der Waals surface area contributed by atoms with E-state index in [4.69, 9.17) is 16.3 Å². The fourth-order valence-corrected chi connectivity index (χ4v) is 2.44. The second-order valence-electron chi connectivity index (χ2n) is 5.16. The molecule has 2 rings (SSSR count). The molecule has 1 amide bonds. The van der Waals surface area contributed by atoms with Gasteiger partial charge in [-0.3, -0.25) is 4.79 Å². The van der Waals surface area contributed by atoms with Crippen molar-refractivity contribution in [1.82, 2.24) is 9.88 Å². The van der Waals surface area contributed by atoms with Gasteiger partial charge in [0, 0.05) is 31.5 Å². The van der Waals surface area contributed by atoms with Crippen LogP contribution in [0.3, 0.4) is 0 Å². The minimum absolute atomic E-state index is 0.00532. The van der Waals surface area contributed by atoms with Crippen molar-refractivity contribution in [3.63, 3.8) is 0 Å². The average Bonchev–Trinajstić information content (AvgIpc) is 2.85. The van der Waals surface area contributed by atoms with E-state index in [1.807, 2.05) is 24.8 Å². The highest BCUT2D eigenvalue weighted by atomic mass is 35.5. The van der Waals surface area contributed by atoms with E-state index in [1.54, 1.807) is 13.2 Å². The van der Waals surface area contributed by atoms with Gasteiger partial charge in [-0.25, -0.2) is 4.98 Å². The van der Waals surface area contributed by atoms with Crippen LogP contribution in [-0.4, -0.2) is 42.1 Å². The first-order valence-corrected chi connectivity index (χ1v) is 6.88. The Hall–Kier alpha value is -1.13. The monoisotopic (exact) mass is 282 g/mol. The first-order chi connectivity index (χ1) is 9.01. The highest BCUT2D eigenvalue weighted by molar-refractivity contribution is 6.29. The summed E-state index contributed by atoms with van der Waals surface area (Å²) in [6, 6.07) is 3.47. The number of pyridine rings is 1. The fourth-order valence-electron chi connectivity index (χ4n) is 2.22. The summed E-state index contributed by atoms with van der Waals surface area (Å²) in [7, 11) is 1.68. The molecule has 1 aliphatic rings. The van der Waals surface area contributed by atoms with Crippen LogP contribution in [0.2, 0.25) is 5.15 Å². The quantitative estimate of drug-likeness (QED) is 0.801. The van der Waals surface area contributed by atoms with E-state index < -0.39 is 0 Å². The molecule has 1 fully saturated rings. The van der Waals surface area contributed by atoms with Crippen molar-refractivity contribution in [2.75, 3.05) is 20.2 Å². The van der Waals surface area contributed by atoms with Crippen molar-refractivity contribution in [1.29, 1.82) is 0 Å². The van der Waals surface area contributed by atoms with Crippen LogP contribution in [0.1, 0.15) is 42.2 Å². The minimum atomic E-state index is 0.00532. The van der Waals surface area contributed by atoms with E-state index in [1.165, 1.54) is 0 Å². The fraction of sp³-hybridized carbons (Fsp3) is 0.571. The van der Waals surface area contributed by atoms with Crippen LogP contribution in [0, 0.1) is 0 Å². The summed E-state index contributed by atoms with van der Waals surface area (Å²) in [6.45, 7) is 5.44. The van der Waals surface area contributed by atoms with Gasteiger partial charge in [0.1, 0.15) is 5.15 Å². The second kappa shape index (κ2) is 5.88. The lowest BCUT2D eigenvalue weighted by molar-refractivity contribution is 0.0724. The predicted octanol–water partition coefficient (Wildman–Crippen LogP) is 2.72. The minimum Gasteiger partial charge on any atom is -0.380 e. The zero-order chi connectivity index (χ0) is 14.0. The molecule has 104 valence electrons. The van der Waals surface area contributed by atoms with Crippen molar-refractivity contribution in [3.8, 4) is 0 Å². The van der Waals surface area contributed by atoms with Gasteiger partial charge in [0.2, 0.25) is 0 Å². The molecule has 0 N–H and O–H groups in total. The molecule has 5 heteroatoms. The third kappa shape index (κ3) is 3.25. The lowest BCUT2D eigenvalue weighted by atomic mass is 10.1. The summed E-state index contributed by atoms with van der Waals surface area (Å²) in [4.78, 5) is 18.5. The SMILES string of the molecule is COC1CCN(C(=O)c2cc(Cl)nc(C(C)C)c2)C1. The van der Waals surface area contributed by atoms with Crippen LogP contribution in [-0.2, 0) is 4.74 Å². The van der Waals surface area contributed by atoms with Crippen molar-refractivity contribution in [2.24, 2.45) is 0 Å². The number of carbonyl (C=O) groups is 1. The Morgan fingerprint density at radius 2 is 2.26 bits per heavy atom. The largest absolute Gasteiger partial charge is 0.380 e. The molecule has 0 aromatic carbocycles. The number of hydrogen-bond donors (Lipinski definition) is 0. The summed E-state index contributed by atoms with van der Waals surface area (Å²) >= 11 is 5.99. The van der Waals surface area contributed by atoms with E-state index >= 15 is 0 Å². The van der Waals surface area contributed by atoms with Gasteiger partial charge in [-0.05, 0) is 24.5 Å². The third-order valence-electron chi connectivity index (χ3n) is 3.42. The summed E-state index contributed by atoms with van der Waals surface area (Å²) in [5.74, 6) is 0.251. The number of amides is 1. The molecule has 1 aromatic rings. The molecule has 1 atom stereocenters. The summed E-state index contributed by atoms with van der Waals surface area (Å²) in [5, 5.41) is 0.372. The molecule has 0 radical (unpaired) electrons. The Balaban J connectivity index is 2.19. The van der Waals surface area contributed by atoms with Gasteiger partial charge < -0.3 is 9.64 Å². The highest BCUT2D eigenvalue weighted by Gasteiger charge is 2.27. The summed E-state index contributed by atoms with van der Waals surface area (Å²) in [6.07, 6.45) is 1.03. The number of likely N-dealkylation sites (tertiary alicyclic amines) is 1. The normalized spacial score (nSPS) is 19.2. The Kier molecular flexibility index (Phi) is 4.42. The molecule has 1 aromatic heterocycles. The molecule has 0 saturated carbocycles. The summed E-state index contributed by atoms with van der Waals surface area (Å²) in [5.41, 5.74) is 1.46. The Morgan fingerprint density at radius 1 is 1.53 bits per heavy atom. The maximum absolute atomic E-state index is 12.4. The van der Waals surface area contributed by atoms with Gasteiger partial charge in [-0.2, -0.15) is 0 Å². The van der Waals surface area contributed by atoms with Crippen LogP contribution in [0.15, 0.2) is 12.1 Å². The van der Waals surface area contributed by atoms with Crippen LogP contribution in [0.25, 0.3) is 0 Å². The highest BCUT2D eigenvalue weighted by Crippen LogP contribution is 2.21. The van der Waals surface area contributed by atoms with Crippen LogP contribution in [0.4, 0.5) is 0 Å². The van der Waals surface area contributed by atoms with Crippen molar-refractivity contribution in [2.45, 2.75) is 32.3 Å². The van der Waals surface area contributed by atoms with Crippen LogP contribution >= 0.6 is 11.6 Å². The molecule has 0 bridgehead atoms. The molecule has 1 saturated heterocycles. The number of aromatic nitrogens is 1. The molecular weight excluding hydrogens is 264 g/mol. The molecule has 2 heterocycles.